The lowest BCUT2D eigenvalue weighted by Crippen LogP contribution is -2.23. The summed E-state index contributed by atoms with van der Waals surface area (Å²) in [6.45, 7) is 10.3. The molecule has 0 aromatic carbocycles. The van der Waals surface area contributed by atoms with Gasteiger partial charge in [0.05, 0.1) is 11.9 Å². The predicted molar refractivity (Wildman–Crippen MR) is 92.6 cm³/mol. The van der Waals surface area contributed by atoms with Gasteiger partial charge in [-0.15, -0.1) is 29.7 Å². The minimum atomic E-state index is -0.354. The van der Waals surface area contributed by atoms with Gasteiger partial charge in [0, 0.05) is 23.3 Å². The van der Waals surface area contributed by atoms with Crippen LogP contribution in [0, 0.1) is 0 Å². The summed E-state index contributed by atoms with van der Waals surface area (Å²) in [4.78, 5) is 13.1. The lowest BCUT2D eigenvalue weighted by Gasteiger charge is -2.19. The molecule has 0 saturated carbocycles. The maximum atomic E-state index is 4.58. The van der Waals surface area contributed by atoms with Crippen molar-refractivity contribution in [1.29, 1.82) is 0 Å². The molecule has 0 amide bonds. The highest BCUT2D eigenvalue weighted by Gasteiger charge is 2.28. The van der Waals surface area contributed by atoms with E-state index in [0.29, 0.717) is 23.5 Å². The van der Waals surface area contributed by atoms with E-state index in [9.17, 15) is 0 Å². The van der Waals surface area contributed by atoms with E-state index in [1.807, 2.05) is 6.07 Å². The van der Waals surface area contributed by atoms with Gasteiger partial charge in [-0.3, -0.25) is 0 Å². The van der Waals surface area contributed by atoms with Crippen LogP contribution in [0.15, 0.2) is 18.6 Å². The average Bonchev–Trinajstić information content (AvgIpc) is 3.18. The molecular weight excluding hydrogens is 332 g/mol. The third-order valence-electron chi connectivity index (χ3n) is 4.10. The van der Waals surface area contributed by atoms with Gasteiger partial charge in [-0.2, -0.15) is 0 Å². The molecule has 0 spiro atoms. The zero-order valence-electron chi connectivity index (χ0n) is 15.4. The number of hydrogen-bond acceptors (Lipinski definition) is 8. The topological polar surface area (TPSA) is 112 Å². The summed E-state index contributed by atoms with van der Waals surface area (Å²) < 4.78 is 2.95. The van der Waals surface area contributed by atoms with E-state index in [-0.39, 0.29) is 10.8 Å². The summed E-state index contributed by atoms with van der Waals surface area (Å²) in [6.07, 6.45) is 3.68. The van der Waals surface area contributed by atoms with Crippen molar-refractivity contribution >= 4 is 11.3 Å². The fourth-order valence-electron chi connectivity index (χ4n) is 2.63. The van der Waals surface area contributed by atoms with Gasteiger partial charge in [0.15, 0.2) is 22.9 Å². The molecule has 0 bridgehead atoms. The first kappa shape index (κ1) is 16.4. The lowest BCUT2D eigenvalue weighted by molar-refractivity contribution is 0.472. The molecule has 4 rings (SSSR count). The number of hydrogen-bond donors (Lipinski definition) is 0. The summed E-state index contributed by atoms with van der Waals surface area (Å²) in [5, 5.41) is 21.4. The molecule has 0 fully saturated rings. The van der Waals surface area contributed by atoms with Crippen molar-refractivity contribution in [2.24, 2.45) is 0 Å². The summed E-state index contributed by atoms with van der Waals surface area (Å²) >= 11 is 0. The van der Waals surface area contributed by atoms with E-state index in [1.54, 1.807) is 6.20 Å². The molecule has 0 saturated heterocycles. The molecule has 0 N–H and O–H groups in total. The van der Waals surface area contributed by atoms with Crippen LogP contribution in [-0.2, 0) is 17.3 Å². The molecule has 4 aromatic heterocycles. The van der Waals surface area contributed by atoms with Crippen LogP contribution in [0.3, 0.4) is 0 Å². The van der Waals surface area contributed by atoms with Crippen LogP contribution >= 0.6 is 0 Å². The van der Waals surface area contributed by atoms with Crippen molar-refractivity contribution < 1.29 is 0 Å². The van der Waals surface area contributed by atoms with Crippen molar-refractivity contribution in [2.45, 2.75) is 51.9 Å². The van der Waals surface area contributed by atoms with E-state index in [1.165, 1.54) is 15.6 Å². The highest BCUT2D eigenvalue weighted by atomic mass is 15.5. The van der Waals surface area contributed by atoms with Crippen molar-refractivity contribution in [3.63, 3.8) is 0 Å². The molecule has 0 aliphatic rings. The first-order chi connectivity index (χ1) is 12.2. The van der Waals surface area contributed by atoms with Crippen molar-refractivity contribution in [3.05, 3.63) is 35.9 Å². The Hall–Kier alpha value is -3.04. The Morgan fingerprint density at radius 3 is 2.38 bits per heavy atom. The molecule has 10 heteroatoms. The minimum Gasteiger partial charge on any atom is -0.239 e. The van der Waals surface area contributed by atoms with Gasteiger partial charge in [0.2, 0.25) is 0 Å². The number of aromatic nitrogens is 10. The van der Waals surface area contributed by atoms with Crippen LogP contribution in [0.2, 0.25) is 0 Å². The van der Waals surface area contributed by atoms with E-state index in [4.69, 9.17) is 0 Å². The van der Waals surface area contributed by atoms with Crippen molar-refractivity contribution in [1.82, 2.24) is 49.8 Å². The number of nitrogens with zero attached hydrogens (tertiary/aromatic N) is 10. The maximum Gasteiger partial charge on any atom is 0.194 e. The molecule has 4 heterocycles. The van der Waals surface area contributed by atoms with Gasteiger partial charge in [-0.25, -0.2) is 15.0 Å². The smallest absolute Gasteiger partial charge is 0.194 e. The van der Waals surface area contributed by atoms with Gasteiger partial charge < -0.3 is 0 Å². The zero-order chi connectivity index (χ0) is 18.5. The maximum absolute atomic E-state index is 4.58. The Morgan fingerprint density at radius 1 is 0.923 bits per heavy atom. The molecule has 0 radical (unpaired) electrons. The van der Waals surface area contributed by atoms with Crippen LogP contribution in [-0.4, -0.2) is 49.8 Å². The lowest BCUT2D eigenvalue weighted by atomic mass is 9.87. The number of fused-ring (bicyclic) bond motifs is 2. The Morgan fingerprint density at radius 2 is 1.65 bits per heavy atom. The molecule has 134 valence electrons. The fourth-order valence-corrected chi connectivity index (χ4v) is 2.63. The summed E-state index contributed by atoms with van der Waals surface area (Å²) in [6, 6.07) is 1.91. The standard InChI is InChI=1S/C16H20N10/c1-15(2,3)13-19-11-6-10(21-24-26(11)22-13)7-16(4,5)14-20-12-8-17-9-18-25(12)23-14/h6,8-9H,7H2,1-5H3. The van der Waals surface area contributed by atoms with E-state index < -0.39 is 0 Å². The molecule has 0 aliphatic carbocycles. The van der Waals surface area contributed by atoms with Gasteiger partial charge >= 0.3 is 0 Å². The second-order valence-electron chi connectivity index (χ2n) is 8.01. The van der Waals surface area contributed by atoms with Gasteiger partial charge in [0.1, 0.15) is 6.33 Å². The molecule has 0 unspecified atom stereocenters. The van der Waals surface area contributed by atoms with Gasteiger partial charge in [0.25, 0.3) is 0 Å². The Kier molecular flexibility index (Phi) is 3.46. The third kappa shape index (κ3) is 2.87. The zero-order valence-corrected chi connectivity index (χ0v) is 15.4. The second-order valence-corrected chi connectivity index (χ2v) is 8.01. The van der Waals surface area contributed by atoms with E-state index >= 15 is 0 Å². The van der Waals surface area contributed by atoms with Crippen LogP contribution < -0.4 is 0 Å². The molecule has 10 nitrogen and oxygen atoms in total. The second kappa shape index (κ2) is 5.48. The highest BCUT2D eigenvalue weighted by molar-refractivity contribution is 5.38. The summed E-state index contributed by atoms with van der Waals surface area (Å²) in [5.74, 6) is 1.42. The van der Waals surface area contributed by atoms with Crippen LogP contribution in [0.1, 0.15) is 52.0 Å². The van der Waals surface area contributed by atoms with Gasteiger partial charge in [-0.05, 0) is 5.21 Å². The van der Waals surface area contributed by atoms with Crippen molar-refractivity contribution in [2.75, 3.05) is 0 Å². The molecule has 0 aliphatic heterocycles. The normalized spacial score (nSPS) is 13.0. The Labute approximate surface area is 149 Å². The van der Waals surface area contributed by atoms with E-state index in [0.717, 1.165) is 11.5 Å². The van der Waals surface area contributed by atoms with Crippen LogP contribution in [0.4, 0.5) is 0 Å². The summed E-state index contributed by atoms with van der Waals surface area (Å²) in [7, 11) is 0. The van der Waals surface area contributed by atoms with Crippen LogP contribution in [0.5, 0.6) is 0 Å². The fraction of sp³-hybridized carbons (Fsp3) is 0.500. The van der Waals surface area contributed by atoms with E-state index in [2.05, 4.69) is 75.2 Å². The van der Waals surface area contributed by atoms with Crippen molar-refractivity contribution in [3.8, 4) is 0 Å². The minimum absolute atomic E-state index is 0.144. The highest BCUT2D eigenvalue weighted by Crippen LogP contribution is 2.25. The number of rotatable bonds is 3. The quantitative estimate of drug-likeness (QED) is 0.540. The van der Waals surface area contributed by atoms with Crippen LogP contribution in [0.25, 0.3) is 11.3 Å². The SMILES string of the molecule is CC(C)(C)c1nc2cc(CC(C)(C)c3nc4cncnn4n3)nnn2n1. The molecule has 4 aromatic rings. The Balaban J connectivity index is 1.66. The first-order valence-corrected chi connectivity index (χ1v) is 8.36. The molecule has 0 atom stereocenters. The Bertz CT molecular complexity index is 1050. The first-order valence-electron chi connectivity index (χ1n) is 8.36. The van der Waals surface area contributed by atoms with Gasteiger partial charge in [-0.1, -0.05) is 34.6 Å². The third-order valence-corrected chi connectivity index (χ3v) is 4.10. The average molecular weight is 352 g/mol. The predicted octanol–water partition coefficient (Wildman–Crippen LogP) is 1.17. The largest absolute Gasteiger partial charge is 0.239 e. The summed E-state index contributed by atoms with van der Waals surface area (Å²) in [5.41, 5.74) is 1.61. The molecular formula is C16H20N10. The monoisotopic (exact) mass is 352 g/mol. The molecule has 26 heavy (non-hydrogen) atoms.